The summed E-state index contributed by atoms with van der Waals surface area (Å²) in [5.41, 5.74) is 3.50. The quantitative estimate of drug-likeness (QED) is 0.768. The molecule has 3 heterocycles. The van der Waals surface area contributed by atoms with Crippen LogP contribution < -0.4 is 0 Å². The number of carbonyl (C=O) groups excluding carboxylic acids is 1. The second kappa shape index (κ2) is 7.32. The Bertz CT molecular complexity index is 896. The SMILES string of the molecule is Cc1cn[nH]c1C[C@H]1CCCN(C(=O)CCn2ncc3ccccc32)C1. The predicted molar refractivity (Wildman–Crippen MR) is 101 cm³/mol. The fourth-order valence-corrected chi connectivity index (χ4v) is 3.89. The number of aromatic nitrogens is 4. The molecule has 0 radical (unpaired) electrons. The van der Waals surface area contributed by atoms with Crippen LogP contribution in [0.1, 0.15) is 30.5 Å². The molecule has 3 aromatic rings. The van der Waals surface area contributed by atoms with Crippen LogP contribution in [0.3, 0.4) is 0 Å². The molecule has 1 amide bonds. The minimum atomic E-state index is 0.232. The predicted octanol–water partition coefficient (Wildman–Crippen LogP) is 2.94. The number of benzene rings is 1. The highest BCUT2D eigenvalue weighted by atomic mass is 16.2. The van der Waals surface area contributed by atoms with Crippen LogP contribution >= 0.6 is 0 Å². The van der Waals surface area contributed by atoms with Crippen molar-refractivity contribution in [1.29, 1.82) is 0 Å². The van der Waals surface area contributed by atoms with Crippen LogP contribution in [0.25, 0.3) is 10.9 Å². The van der Waals surface area contributed by atoms with Crippen LogP contribution in [0.4, 0.5) is 0 Å². The Morgan fingerprint density at radius 3 is 3.04 bits per heavy atom. The second-order valence-electron chi connectivity index (χ2n) is 7.26. The maximum atomic E-state index is 12.7. The van der Waals surface area contributed by atoms with Crippen LogP contribution in [0.15, 0.2) is 36.7 Å². The van der Waals surface area contributed by atoms with E-state index in [0.717, 1.165) is 36.8 Å². The van der Waals surface area contributed by atoms with Gasteiger partial charge in [0.05, 0.1) is 24.5 Å². The zero-order chi connectivity index (χ0) is 17.9. The van der Waals surface area contributed by atoms with Gasteiger partial charge in [0.15, 0.2) is 0 Å². The summed E-state index contributed by atoms with van der Waals surface area (Å²) in [6.07, 6.45) is 7.46. The third-order valence-electron chi connectivity index (χ3n) is 5.39. The summed E-state index contributed by atoms with van der Waals surface area (Å²) in [5.74, 6) is 0.744. The highest BCUT2D eigenvalue weighted by Gasteiger charge is 2.24. The number of aromatic amines is 1. The number of amides is 1. The number of hydrogen-bond acceptors (Lipinski definition) is 3. The Balaban J connectivity index is 1.34. The van der Waals surface area contributed by atoms with Gasteiger partial charge in [-0.1, -0.05) is 18.2 Å². The number of likely N-dealkylation sites (tertiary alicyclic amines) is 1. The zero-order valence-electron chi connectivity index (χ0n) is 15.2. The monoisotopic (exact) mass is 351 g/mol. The lowest BCUT2D eigenvalue weighted by molar-refractivity contribution is -0.133. The molecule has 136 valence electrons. The van der Waals surface area contributed by atoms with E-state index < -0.39 is 0 Å². The van der Waals surface area contributed by atoms with Crippen molar-refractivity contribution in [1.82, 2.24) is 24.9 Å². The van der Waals surface area contributed by atoms with Gasteiger partial charge in [0.1, 0.15) is 0 Å². The van der Waals surface area contributed by atoms with E-state index in [9.17, 15) is 4.79 Å². The molecular weight excluding hydrogens is 326 g/mol. The van der Waals surface area contributed by atoms with Crippen LogP contribution in [0.5, 0.6) is 0 Å². The van der Waals surface area contributed by atoms with Gasteiger partial charge in [-0.05, 0) is 43.7 Å². The Morgan fingerprint density at radius 1 is 1.31 bits per heavy atom. The number of hydrogen-bond donors (Lipinski definition) is 1. The number of piperidine rings is 1. The normalized spacial score (nSPS) is 17.7. The number of carbonyl (C=O) groups is 1. The van der Waals surface area contributed by atoms with E-state index in [1.165, 1.54) is 17.7 Å². The standard InChI is InChI=1S/C20H25N5O/c1-15-12-21-23-18(15)11-16-5-4-9-24(14-16)20(26)8-10-25-19-7-3-2-6-17(19)13-22-25/h2-3,6-7,12-13,16H,4-5,8-11,14H2,1H3,(H,21,23)/t16-/m1/s1. The molecule has 0 bridgehead atoms. The highest BCUT2D eigenvalue weighted by molar-refractivity contribution is 5.79. The summed E-state index contributed by atoms with van der Waals surface area (Å²) < 4.78 is 1.93. The average Bonchev–Trinajstić information content (AvgIpc) is 3.26. The third kappa shape index (κ3) is 3.49. The van der Waals surface area contributed by atoms with Crippen molar-refractivity contribution < 1.29 is 4.79 Å². The molecule has 6 nitrogen and oxygen atoms in total. The van der Waals surface area contributed by atoms with Crippen molar-refractivity contribution in [3.05, 3.63) is 47.9 Å². The number of nitrogens with one attached hydrogen (secondary N) is 1. The van der Waals surface area contributed by atoms with Gasteiger partial charge in [0.2, 0.25) is 5.91 Å². The second-order valence-corrected chi connectivity index (χ2v) is 7.26. The molecule has 1 atom stereocenters. The van der Waals surface area contributed by atoms with E-state index in [2.05, 4.69) is 28.3 Å². The molecule has 1 saturated heterocycles. The van der Waals surface area contributed by atoms with Crippen molar-refractivity contribution in [3.8, 4) is 0 Å². The third-order valence-corrected chi connectivity index (χ3v) is 5.39. The number of rotatable bonds is 5. The maximum absolute atomic E-state index is 12.7. The molecule has 26 heavy (non-hydrogen) atoms. The average molecular weight is 351 g/mol. The highest BCUT2D eigenvalue weighted by Crippen LogP contribution is 2.22. The van der Waals surface area contributed by atoms with Gasteiger partial charge in [-0.2, -0.15) is 10.2 Å². The number of para-hydroxylation sites is 1. The van der Waals surface area contributed by atoms with Gasteiger partial charge in [-0.15, -0.1) is 0 Å². The van der Waals surface area contributed by atoms with Crippen LogP contribution in [0, 0.1) is 12.8 Å². The van der Waals surface area contributed by atoms with Crippen molar-refractivity contribution in [2.45, 2.75) is 39.2 Å². The van der Waals surface area contributed by atoms with Gasteiger partial charge in [-0.3, -0.25) is 14.6 Å². The summed E-state index contributed by atoms with van der Waals surface area (Å²) in [5, 5.41) is 12.7. The minimum Gasteiger partial charge on any atom is -0.342 e. The Kier molecular flexibility index (Phi) is 4.73. The Morgan fingerprint density at radius 2 is 2.19 bits per heavy atom. The first-order valence-electron chi connectivity index (χ1n) is 9.38. The molecule has 1 fully saturated rings. The summed E-state index contributed by atoms with van der Waals surface area (Å²) in [6, 6.07) is 8.12. The molecule has 1 aliphatic heterocycles. The molecule has 1 aliphatic rings. The molecule has 1 aromatic carbocycles. The molecule has 6 heteroatoms. The van der Waals surface area contributed by atoms with Gasteiger partial charge >= 0.3 is 0 Å². The first-order chi connectivity index (χ1) is 12.7. The van der Waals surface area contributed by atoms with E-state index >= 15 is 0 Å². The summed E-state index contributed by atoms with van der Waals surface area (Å²) >= 11 is 0. The van der Waals surface area contributed by atoms with Crippen LogP contribution in [-0.4, -0.2) is 43.9 Å². The van der Waals surface area contributed by atoms with Crippen LogP contribution in [0.2, 0.25) is 0 Å². The lowest BCUT2D eigenvalue weighted by Crippen LogP contribution is -2.40. The molecule has 2 aromatic heterocycles. The molecule has 4 rings (SSSR count). The number of aryl methyl sites for hydroxylation is 2. The summed E-state index contributed by atoms with van der Waals surface area (Å²) in [4.78, 5) is 14.7. The van der Waals surface area contributed by atoms with E-state index in [0.29, 0.717) is 18.9 Å². The molecule has 0 saturated carbocycles. The topological polar surface area (TPSA) is 66.8 Å². The zero-order valence-corrected chi connectivity index (χ0v) is 15.2. The van der Waals surface area contributed by atoms with E-state index in [-0.39, 0.29) is 5.91 Å². The van der Waals surface area contributed by atoms with E-state index in [1.54, 1.807) is 0 Å². The fraction of sp³-hybridized carbons (Fsp3) is 0.450. The number of fused-ring (bicyclic) bond motifs is 1. The summed E-state index contributed by atoms with van der Waals surface area (Å²) in [6.45, 7) is 4.43. The lowest BCUT2D eigenvalue weighted by Gasteiger charge is -2.33. The van der Waals surface area contributed by atoms with Crippen molar-refractivity contribution in [2.24, 2.45) is 5.92 Å². The largest absolute Gasteiger partial charge is 0.342 e. The van der Waals surface area contributed by atoms with Crippen molar-refractivity contribution in [2.75, 3.05) is 13.1 Å². The molecule has 1 N–H and O–H groups in total. The first-order valence-corrected chi connectivity index (χ1v) is 9.38. The van der Waals surface area contributed by atoms with E-state index in [4.69, 9.17) is 0 Å². The summed E-state index contributed by atoms with van der Waals surface area (Å²) in [7, 11) is 0. The van der Waals surface area contributed by atoms with Crippen LogP contribution in [-0.2, 0) is 17.8 Å². The van der Waals surface area contributed by atoms with Gasteiger partial charge in [0, 0.05) is 30.6 Å². The van der Waals surface area contributed by atoms with Gasteiger partial charge in [0.25, 0.3) is 0 Å². The first kappa shape index (κ1) is 16.8. The Labute approximate surface area is 153 Å². The smallest absolute Gasteiger partial charge is 0.224 e. The molecule has 0 spiro atoms. The van der Waals surface area contributed by atoms with Gasteiger partial charge < -0.3 is 4.90 Å². The Hall–Kier alpha value is -2.63. The molecule has 0 unspecified atom stereocenters. The fourth-order valence-electron chi connectivity index (χ4n) is 3.89. The maximum Gasteiger partial charge on any atom is 0.224 e. The van der Waals surface area contributed by atoms with Crippen molar-refractivity contribution in [3.63, 3.8) is 0 Å². The lowest BCUT2D eigenvalue weighted by atomic mass is 9.92. The minimum absolute atomic E-state index is 0.232. The van der Waals surface area contributed by atoms with Gasteiger partial charge in [-0.25, -0.2) is 0 Å². The van der Waals surface area contributed by atoms with E-state index in [1.807, 2.05) is 40.2 Å². The number of H-pyrrole nitrogens is 1. The number of nitrogens with zero attached hydrogens (tertiary/aromatic N) is 4. The molecule has 0 aliphatic carbocycles. The van der Waals surface area contributed by atoms with Crippen molar-refractivity contribution >= 4 is 16.8 Å². The molecular formula is C20H25N5O.